The van der Waals surface area contributed by atoms with Gasteiger partial charge in [-0.2, -0.15) is 0 Å². The molecule has 4 aromatic carbocycles. The molecule has 76 heavy (non-hydrogen) atoms. The number of nitro groups is 1. The molecule has 4 fully saturated rings. The number of benzene rings is 4. The molecule has 1 amide bonds. The first-order valence-corrected chi connectivity index (χ1v) is 27.6. The Labute approximate surface area is 441 Å². The zero-order valence-electron chi connectivity index (χ0n) is 42.9. The lowest BCUT2D eigenvalue weighted by molar-refractivity contribution is -0.384. The summed E-state index contributed by atoms with van der Waals surface area (Å²) in [5.41, 5.74) is 3.86. The lowest BCUT2D eigenvalue weighted by Gasteiger charge is -2.58. The zero-order chi connectivity index (χ0) is 52.7. The van der Waals surface area contributed by atoms with Gasteiger partial charge in [-0.05, 0) is 103 Å². The van der Waals surface area contributed by atoms with Crippen LogP contribution in [0.3, 0.4) is 0 Å². The van der Waals surface area contributed by atoms with Gasteiger partial charge in [-0.25, -0.2) is 22.5 Å². The van der Waals surface area contributed by atoms with Crippen LogP contribution in [0.25, 0.3) is 11.0 Å². The van der Waals surface area contributed by atoms with Gasteiger partial charge in [0.1, 0.15) is 33.6 Å². The van der Waals surface area contributed by atoms with Crippen LogP contribution < -0.4 is 33.9 Å². The molecule has 3 saturated heterocycles. The average molecular weight is 1060 g/mol. The summed E-state index contributed by atoms with van der Waals surface area (Å²) in [7, 11) is -3.24. The molecule has 0 bridgehead atoms. The van der Waals surface area contributed by atoms with Gasteiger partial charge in [0.15, 0.2) is 17.2 Å². The number of piperidine rings is 1. The molecule has 1 unspecified atom stereocenters. The number of amides is 1. The number of nitrogens with one attached hydrogen (secondary N) is 3. The number of H-pyrrole nitrogens is 1. The average Bonchev–Trinajstić information content (AvgIpc) is 4.13. The minimum Gasteiger partial charge on any atom is -0.497 e. The lowest BCUT2D eigenvalue weighted by Crippen LogP contribution is -2.60. The first kappa shape index (κ1) is 51.1. The number of aromatic amines is 1. The van der Waals surface area contributed by atoms with E-state index in [0.29, 0.717) is 55.8 Å². The summed E-state index contributed by atoms with van der Waals surface area (Å²) in [6, 6.07) is 24.6. The van der Waals surface area contributed by atoms with Crippen molar-refractivity contribution in [3.63, 3.8) is 0 Å². The van der Waals surface area contributed by atoms with E-state index in [9.17, 15) is 23.3 Å². The van der Waals surface area contributed by atoms with Crippen LogP contribution in [0, 0.1) is 27.3 Å². The Hall–Kier alpha value is -7.00. The van der Waals surface area contributed by atoms with Crippen molar-refractivity contribution in [1.29, 1.82) is 0 Å². The standard InChI is InChI=1S/C56H63FN8O10S/c1-35(2)42-6-4-5-7-43(42)48-33-62(32-37-8-10-40(71-3)11-9-37)20-21-64(48)39-28-56(29-39)15-18-63(19-16-56)46-26-49(75-41-24-38-12-17-58-54(38)60-31-41)44(25-45(46)57)55(66)61-76(69,70)50-27-47(65(67)68)51(53-52(50)73-34-74-53)59-30-36-13-22-72-23-14-36/h4-12,17,24-27,31,35-36,39,48,59H,13-16,18-23,28-30,32-34H2,1-3H3,(H,58,60)(H,61,66). The molecule has 6 aromatic rings. The van der Waals surface area contributed by atoms with Crippen LogP contribution in [0.15, 0.2) is 96.2 Å². The quantitative estimate of drug-likeness (QED) is 0.0610. The number of aromatic nitrogens is 2. The molecule has 18 nitrogen and oxygen atoms in total. The summed E-state index contributed by atoms with van der Waals surface area (Å²) in [6.07, 6.45) is 8.40. The van der Waals surface area contributed by atoms with E-state index in [1.807, 2.05) is 21.8 Å². The molecule has 6 heterocycles. The first-order valence-electron chi connectivity index (χ1n) is 26.1. The van der Waals surface area contributed by atoms with Crippen LogP contribution >= 0.6 is 0 Å². The second-order valence-electron chi connectivity index (χ2n) is 21.1. The van der Waals surface area contributed by atoms with Crippen molar-refractivity contribution >= 4 is 44.0 Å². The maximum Gasteiger partial charge on any atom is 0.297 e. The molecule has 1 aliphatic carbocycles. The topological polar surface area (TPSA) is 203 Å². The number of carbonyl (C=O) groups excluding carboxylic acids is 1. The third-order valence-corrected chi connectivity index (χ3v) is 17.5. The molecule has 400 valence electrons. The van der Waals surface area contributed by atoms with E-state index in [1.165, 1.54) is 29.0 Å². The number of rotatable bonds is 16. The molecular weight excluding hydrogens is 996 g/mol. The van der Waals surface area contributed by atoms with Crippen molar-refractivity contribution in [2.24, 2.45) is 11.3 Å². The fourth-order valence-corrected chi connectivity index (χ4v) is 13.1. The number of anilines is 2. The summed E-state index contributed by atoms with van der Waals surface area (Å²) in [4.78, 5) is 40.0. The van der Waals surface area contributed by atoms with E-state index in [0.717, 1.165) is 82.6 Å². The van der Waals surface area contributed by atoms with Gasteiger partial charge in [-0.1, -0.05) is 50.2 Å². The number of methoxy groups -OCH3 is 1. The Morgan fingerprint density at radius 1 is 0.974 bits per heavy atom. The van der Waals surface area contributed by atoms with Gasteiger partial charge in [-0.3, -0.25) is 24.7 Å². The number of sulfonamides is 1. The van der Waals surface area contributed by atoms with Crippen molar-refractivity contribution in [3.8, 4) is 28.7 Å². The SMILES string of the molecule is COc1ccc(CN2CCN(C3CC4(CCN(c5cc(Oc6cnc7[nH]ccc7c6)c(C(=O)NS(=O)(=O)c6cc([N+](=O)[O-])c(NCC7CCOCC7)c7c6OCO7)cc5F)CC4)C3)C(c3ccccc3C(C)C)C2)cc1. The smallest absolute Gasteiger partial charge is 0.297 e. The van der Waals surface area contributed by atoms with Crippen molar-refractivity contribution < 1.29 is 46.2 Å². The van der Waals surface area contributed by atoms with E-state index in [1.54, 1.807) is 25.4 Å². The van der Waals surface area contributed by atoms with Gasteiger partial charge in [0.05, 0.1) is 29.5 Å². The minimum atomic E-state index is -4.93. The summed E-state index contributed by atoms with van der Waals surface area (Å²) in [6.45, 7) is 10.4. The number of nitrogens with zero attached hydrogens (tertiary/aromatic N) is 5. The number of piperazine rings is 1. The summed E-state index contributed by atoms with van der Waals surface area (Å²) in [5, 5.41) is 16.3. The van der Waals surface area contributed by atoms with Gasteiger partial charge in [0, 0.05) is 94.8 Å². The molecular formula is C56H63FN8O10S. The highest BCUT2D eigenvalue weighted by Crippen LogP contribution is 2.54. The number of halogens is 1. The molecule has 4 aliphatic heterocycles. The minimum absolute atomic E-state index is 0.0381. The van der Waals surface area contributed by atoms with Crippen LogP contribution in [0.4, 0.5) is 21.5 Å². The zero-order valence-corrected chi connectivity index (χ0v) is 43.7. The summed E-state index contributed by atoms with van der Waals surface area (Å²) >= 11 is 0. The van der Waals surface area contributed by atoms with Crippen molar-refractivity contribution in [3.05, 3.63) is 129 Å². The van der Waals surface area contributed by atoms with Crippen molar-refractivity contribution in [1.82, 2.24) is 24.5 Å². The Bertz CT molecular complexity index is 3240. The third kappa shape index (κ3) is 10.3. The Morgan fingerprint density at radius 2 is 1.74 bits per heavy atom. The molecule has 1 atom stereocenters. The highest BCUT2D eigenvalue weighted by Gasteiger charge is 2.50. The Morgan fingerprint density at radius 3 is 2.49 bits per heavy atom. The van der Waals surface area contributed by atoms with Crippen LogP contribution in [0.5, 0.6) is 28.7 Å². The first-order chi connectivity index (χ1) is 36.7. The third-order valence-electron chi connectivity index (χ3n) is 16.1. The van der Waals surface area contributed by atoms with Gasteiger partial charge in [0.25, 0.3) is 21.6 Å². The second kappa shape index (κ2) is 21.2. The van der Waals surface area contributed by atoms with Crippen LogP contribution in [0.2, 0.25) is 0 Å². The van der Waals surface area contributed by atoms with Gasteiger partial charge in [0.2, 0.25) is 6.79 Å². The number of hydrogen-bond donors (Lipinski definition) is 3. The second-order valence-corrected chi connectivity index (χ2v) is 22.8. The molecule has 2 aromatic heterocycles. The molecule has 3 N–H and O–H groups in total. The van der Waals surface area contributed by atoms with Crippen molar-refractivity contribution in [2.45, 2.75) is 81.8 Å². The van der Waals surface area contributed by atoms with E-state index >= 15 is 4.39 Å². The number of hydrogen-bond acceptors (Lipinski definition) is 15. The van der Waals surface area contributed by atoms with Crippen LogP contribution in [-0.2, 0) is 21.3 Å². The predicted molar refractivity (Wildman–Crippen MR) is 284 cm³/mol. The lowest BCUT2D eigenvalue weighted by atomic mass is 9.59. The van der Waals surface area contributed by atoms with Gasteiger partial charge < -0.3 is 38.9 Å². The monoisotopic (exact) mass is 1060 g/mol. The molecule has 5 aliphatic rings. The molecule has 0 radical (unpaired) electrons. The number of nitro benzene ring substituents is 1. The number of carbonyl (C=O) groups is 1. The fourth-order valence-electron chi connectivity index (χ4n) is 12.0. The normalized spacial score (nSPS) is 19.2. The van der Waals surface area contributed by atoms with Gasteiger partial charge in [-0.15, -0.1) is 0 Å². The predicted octanol–water partition coefficient (Wildman–Crippen LogP) is 9.53. The highest BCUT2D eigenvalue weighted by atomic mass is 32.2. The van der Waals surface area contributed by atoms with E-state index in [2.05, 4.69) is 75.3 Å². The van der Waals surface area contributed by atoms with E-state index < -0.39 is 49.6 Å². The maximum absolute atomic E-state index is 16.7. The molecule has 1 saturated carbocycles. The van der Waals surface area contributed by atoms with E-state index in [4.69, 9.17) is 23.7 Å². The molecule has 11 rings (SSSR count). The summed E-state index contributed by atoms with van der Waals surface area (Å²) in [5.74, 6) is -0.966. The number of ether oxygens (including phenoxy) is 5. The molecule has 20 heteroatoms. The fraction of sp³-hybridized carbons (Fsp3) is 0.429. The van der Waals surface area contributed by atoms with Crippen molar-refractivity contribution in [2.75, 3.05) is 76.6 Å². The number of pyridine rings is 1. The maximum atomic E-state index is 16.7. The Balaban J connectivity index is 0.818. The van der Waals surface area contributed by atoms with Gasteiger partial charge >= 0.3 is 0 Å². The van der Waals surface area contributed by atoms with Crippen LogP contribution in [0.1, 0.15) is 91.4 Å². The largest absolute Gasteiger partial charge is 0.497 e. The molecule has 1 spiro atoms. The number of fused-ring (bicyclic) bond motifs is 2. The van der Waals surface area contributed by atoms with Crippen LogP contribution in [-0.4, -0.2) is 111 Å². The Kier molecular flexibility index (Phi) is 14.3. The highest BCUT2D eigenvalue weighted by molar-refractivity contribution is 7.90. The van der Waals surface area contributed by atoms with E-state index in [-0.39, 0.29) is 51.7 Å². The summed E-state index contributed by atoms with van der Waals surface area (Å²) < 4.78 is 75.5.